The Morgan fingerprint density at radius 2 is 2.36 bits per heavy atom. The van der Waals surface area contributed by atoms with E-state index in [0.717, 1.165) is 11.1 Å². The van der Waals surface area contributed by atoms with E-state index in [9.17, 15) is 0 Å². The molecule has 0 saturated heterocycles. The predicted octanol–water partition coefficient (Wildman–Crippen LogP) is 1.39. The lowest BCUT2D eigenvalue weighted by Crippen LogP contribution is -1.98. The Morgan fingerprint density at radius 1 is 1.55 bits per heavy atom. The van der Waals surface area contributed by atoms with E-state index >= 15 is 0 Å². The maximum absolute atomic E-state index is 8.42. The summed E-state index contributed by atoms with van der Waals surface area (Å²) in [6, 6.07) is 3.58. The van der Waals surface area contributed by atoms with Crippen molar-refractivity contribution < 1.29 is 10.4 Å². The maximum atomic E-state index is 8.42. The molecule has 0 amide bonds. The van der Waals surface area contributed by atoms with Crippen LogP contribution in [0, 0.1) is 0 Å². The van der Waals surface area contributed by atoms with E-state index in [1.54, 1.807) is 6.07 Å². The summed E-state index contributed by atoms with van der Waals surface area (Å²) < 4.78 is 0. The monoisotopic (exact) mass is 170 g/mol. The van der Waals surface area contributed by atoms with E-state index in [0.29, 0.717) is 0 Å². The molecule has 0 spiro atoms. The second-order valence-electron chi connectivity index (χ2n) is 1.71. The van der Waals surface area contributed by atoms with Crippen molar-refractivity contribution in [3.05, 3.63) is 22.4 Å². The van der Waals surface area contributed by atoms with Crippen molar-refractivity contribution in [2.24, 2.45) is 10.3 Å². The molecule has 0 unspecified atom stereocenters. The predicted molar refractivity (Wildman–Crippen MR) is 42.9 cm³/mol. The van der Waals surface area contributed by atoms with E-state index < -0.39 is 0 Å². The molecular formula is C6H6N2O2S. The van der Waals surface area contributed by atoms with Gasteiger partial charge in [0, 0.05) is 0 Å². The van der Waals surface area contributed by atoms with Crippen molar-refractivity contribution >= 4 is 23.3 Å². The highest BCUT2D eigenvalue weighted by Crippen LogP contribution is 2.08. The van der Waals surface area contributed by atoms with Crippen LogP contribution in [-0.4, -0.2) is 22.3 Å². The molecule has 1 rings (SSSR count). The van der Waals surface area contributed by atoms with Gasteiger partial charge in [0.2, 0.25) is 0 Å². The van der Waals surface area contributed by atoms with E-state index in [-0.39, 0.29) is 5.71 Å². The summed E-state index contributed by atoms with van der Waals surface area (Å²) in [5.74, 6) is 0. The SMILES string of the molecule is O/N=C(/C=N/O)c1cccs1. The lowest BCUT2D eigenvalue weighted by atomic mass is 10.3. The van der Waals surface area contributed by atoms with Crippen LogP contribution >= 0.6 is 11.3 Å². The second-order valence-corrected chi connectivity index (χ2v) is 2.65. The number of hydrogen-bond acceptors (Lipinski definition) is 5. The second kappa shape index (κ2) is 3.72. The van der Waals surface area contributed by atoms with E-state index in [1.807, 2.05) is 11.4 Å². The van der Waals surface area contributed by atoms with Crippen LogP contribution in [0.2, 0.25) is 0 Å². The van der Waals surface area contributed by atoms with E-state index in [2.05, 4.69) is 10.3 Å². The minimum Gasteiger partial charge on any atom is -0.411 e. The summed E-state index contributed by atoms with van der Waals surface area (Å²) in [5.41, 5.74) is 0.252. The lowest BCUT2D eigenvalue weighted by Gasteiger charge is -1.88. The fraction of sp³-hybridized carbons (Fsp3) is 0. The van der Waals surface area contributed by atoms with Crippen LogP contribution < -0.4 is 0 Å². The van der Waals surface area contributed by atoms with Crippen molar-refractivity contribution in [2.75, 3.05) is 0 Å². The zero-order valence-electron chi connectivity index (χ0n) is 5.51. The minimum absolute atomic E-state index is 0.252. The molecule has 0 aliphatic carbocycles. The summed E-state index contributed by atoms with van der Waals surface area (Å²) in [5, 5.41) is 24.1. The molecule has 58 valence electrons. The third-order valence-corrected chi connectivity index (χ3v) is 1.95. The number of nitrogens with zero attached hydrogens (tertiary/aromatic N) is 2. The van der Waals surface area contributed by atoms with Crippen molar-refractivity contribution in [3.63, 3.8) is 0 Å². The molecule has 1 aromatic rings. The Hall–Kier alpha value is -1.36. The fourth-order valence-electron chi connectivity index (χ4n) is 0.618. The molecule has 11 heavy (non-hydrogen) atoms. The molecule has 0 atom stereocenters. The summed E-state index contributed by atoms with van der Waals surface area (Å²) in [6.45, 7) is 0. The van der Waals surface area contributed by atoms with Crippen LogP contribution in [0.25, 0.3) is 0 Å². The average Bonchev–Trinajstić information content (AvgIpc) is 2.52. The number of rotatable bonds is 2. The molecule has 0 aromatic carbocycles. The van der Waals surface area contributed by atoms with Crippen molar-refractivity contribution in [1.29, 1.82) is 0 Å². The highest BCUT2D eigenvalue weighted by atomic mass is 32.1. The summed E-state index contributed by atoms with van der Waals surface area (Å²) in [4.78, 5) is 0.755. The maximum Gasteiger partial charge on any atom is 0.141 e. The molecule has 0 bridgehead atoms. The van der Waals surface area contributed by atoms with Crippen LogP contribution in [0.4, 0.5) is 0 Å². The quantitative estimate of drug-likeness (QED) is 0.400. The van der Waals surface area contributed by atoms with Crippen LogP contribution in [0.5, 0.6) is 0 Å². The van der Waals surface area contributed by atoms with Gasteiger partial charge in [0.25, 0.3) is 0 Å². The van der Waals surface area contributed by atoms with Gasteiger partial charge in [-0.2, -0.15) is 0 Å². The van der Waals surface area contributed by atoms with Crippen LogP contribution in [0.15, 0.2) is 27.8 Å². The van der Waals surface area contributed by atoms with E-state index in [1.165, 1.54) is 11.3 Å². The first-order valence-electron chi connectivity index (χ1n) is 2.82. The van der Waals surface area contributed by atoms with Crippen molar-refractivity contribution in [1.82, 2.24) is 0 Å². The Morgan fingerprint density at radius 3 is 2.82 bits per heavy atom. The van der Waals surface area contributed by atoms with E-state index in [4.69, 9.17) is 10.4 Å². The van der Waals surface area contributed by atoms with Gasteiger partial charge in [0.15, 0.2) is 0 Å². The molecule has 2 N–H and O–H groups in total. The zero-order valence-corrected chi connectivity index (χ0v) is 6.32. The molecule has 5 heteroatoms. The van der Waals surface area contributed by atoms with Gasteiger partial charge in [-0.3, -0.25) is 0 Å². The average molecular weight is 170 g/mol. The normalized spacial score (nSPS) is 12.5. The Bertz CT molecular complexity index is 266. The fourth-order valence-corrected chi connectivity index (χ4v) is 1.29. The molecule has 1 aromatic heterocycles. The summed E-state index contributed by atoms with van der Waals surface area (Å²) in [7, 11) is 0. The Kier molecular flexibility index (Phi) is 2.62. The largest absolute Gasteiger partial charge is 0.411 e. The van der Waals surface area contributed by atoms with Gasteiger partial charge in [-0.25, -0.2) is 0 Å². The minimum atomic E-state index is 0.252. The van der Waals surface area contributed by atoms with Gasteiger partial charge in [0.05, 0.1) is 11.1 Å². The molecule has 1 heterocycles. The van der Waals surface area contributed by atoms with Gasteiger partial charge in [-0.05, 0) is 11.4 Å². The topological polar surface area (TPSA) is 65.2 Å². The van der Waals surface area contributed by atoms with Gasteiger partial charge in [-0.1, -0.05) is 16.4 Å². The molecular weight excluding hydrogens is 164 g/mol. The third kappa shape index (κ3) is 1.78. The molecule has 0 saturated carbocycles. The molecule has 0 aliphatic heterocycles. The van der Waals surface area contributed by atoms with Gasteiger partial charge >= 0.3 is 0 Å². The first kappa shape index (κ1) is 7.74. The van der Waals surface area contributed by atoms with Gasteiger partial charge in [-0.15, -0.1) is 11.3 Å². The highest BCUT2D eigenvalue weighted by Gasteiger charge is 2.00. The van der Waals surface area contributed by atoms with Crippen molar-refractivity contribution in [2.45, 2.75) is 0 Å². The van der Waals surface area contributed by atoms with Gasteiger partial charge in [0.1, 0.15) is 5.71 Å². The zero-order chi connectivity index (χ0) is 8.10. The number of thiophene rings is 1. The van der Waals surface area contributed by atoms with Crippen LogP contribution in [-0.2, 0) is 0 Å². The van der Waals surface area contributed by atoms with Gasteiger partial charge < -0.3 is 10.4 Å². The Labute approximate surface area is 67.1 Å². The Balaban J connectivity index is 2.89. The smallest absolute Gasteiger partial charge is 0.141 e. The first-order valence-corrected chi connectivity index (χ1v) is 3.70. The van der Waals surface area contributed by atoms with Crippen LogP contribution in [0.3, 0.4) is 0 Å². The third-order valence-electron chi connectivity index (χ3n) is 1.06. The highest BCUT2D eigenvalue weighted by molar-refractivity contribution is 7.12. The lowest BCUT2D eigenvalue weighted by molar-refractivity contribution is 0.316. The molecule has 0 fully saturated rings. The molecule has 0 aliphatic rings. The summed E-state index contributed by atoms with van der Waals surface area (Å²) in [6.07, 6.45) is 1.08. The molecule has 0 radical (unpaired) electrons. The number of hydrogen-bond donors (Lipinski definition) is 2. The first-order chi connectivity index (χ1) is 5.38. The van der Waals surface area contributed by atoms with Crippen molar-refractivity contribution in [3.8, 4) is 0 Å². The van der Waals surface area contributed by atoms with Crippen LogP contribution in [0.1, 0.15) is 4.88 Å². The molecule has 4 nitrogen and oxygen atoms in total. The number of oxime groups is 2. The standard InChI is InChI=1S/C6H6N2O2S/c9-7-4-5(8-10)6-2-1-3-11-6/h1-4,9-10H/b7-4+,8-5-. The summed E-state index contributed by atoms with van der Waals surface area (Å²) >= 11 is 1.40.